The Morgan fingerprint density at radius 3 is 2.39 bits per heavy atom. The first-order chi connectivity index (χ1) is 13.5. The van der Waals surface area contributed by atoms with Gasteiger partial charge >= 0.3 is 0 Å². The molecule has 0 saturated heterocycles. The molecule has 1 amide bonds. The number of para-hydroxylation sites is 1. The van der Waals surface area contributed by atoms with Gasteiger partial charge in [-0.15, -0.1) is 0 Å². The second kappa shape index (κ2) is 8.80. The smallest absolute Gasteiger partial charge is 0.274 e. The highest BCUT2D eigenvalue weighted by Crippen LogP contribution is 2.16. The number of aryl methyl sites for hydroxylation is 1. The average Bonchev–Trinajstić information content (AvgIpc) is 3.08. The van der Waals surface area contributed by atoms with Crippen LogP contribution in [0.3, 0.4) is 0 Å². The third-order valence-corrected chi connectivity index (χ3v) is 4.53. The average molecular weight is 380 g/mol. The van der Waals surface area contributed by atoms with Gasteiger partial charge in [-0.3, -0.25) is 4.79 Å². The molecule has 0 saturated carbocycles. The summed E-state index contributed by atoms with van der Waals surface area (Å²) in [5, 5.41) is 4.51. The SMILES string of the molecule is Cc1cc(C(=O)N(CCN(C)C)Cc2ccccc2F)nn1-c1ccccc1. The maximum atomic E-state index is 14.1. The third-order valence-electron chi connectivity index (χ3n) is 4.53. The number of halogens is 1. The maximum absolute atomic E-state index is 14.1. The molecule has 6 heteroatoms. The van der Waals surface area contributed by atoms with E-state index in [1.807, 2.05) is 56.3 Å². The van der Waals surface area contributed by atoms with E-state index < -0.39 is 0 Å². The molecule has 0 spiro atoms. The van der Waals surface area contributed by atoms with Gasteiger partial charge in [-0.05, 0) is 45.3 Å². The van der Waals surface area contributed by atoms with Crippen LogP contribution in [0.4, 0.5) is 4.39 Å². The molecule has 0 N–H and O–H groups in total. The van der Waals surface area contributed by atoms with Gasteiger partial charge in [0.2, 0.25) is 0 Å². The predicted molar refractivity (Wildman–Crippen MR) is 108 cm³/mol. The number of hydrogen-bond donors (Lipinski definition) is 0. The van der Waals surface area contributed by atoms with Crippen molar-refractivity contribution in [2.45, 2.75) is 13.5 Å². The van der Waals surface area contributed by atoms with Gasteiger partial charge in [0.1, 0.15) is 5.82 Å². The van der Waals surface area contributed by atoms with Gasteiger partial charge in [0.25, 0.3) is 5.91 Å². The lowest BCUT2D eigenvalue weighted by Gasteiger charge is -2.24. The number of carbonyl (C=O) groups is 1. The van der Waals surface area contributed by atoms with E-state index in [9.17, 15) is 9.18 Å². The summed E-state index contributed by atoms with van der Waals surface area (Å²) in [5.74, 6) is -0.515. The molecule has 0 aliphatic carbocycles. The normalized spacial score (nSPS) is 11.0. The summed E-state index contributed by atoms with van der Waals surface area (Å²) in [5.41, 5.74) is 2.62. The second-order valence-electron chi connectivity index (χ2n) is 7.04. The summed E-state index contributed by atoms with van der Waals surface area (Å²) in [6.45, 7) is 3.28. The molecule has 146 valence electrons. The van der Waals surface area contributed by atoms with E-state index in [4.69, 9.17) is 0 Å². The van der Waals surface area contributed by atoms with Gasteiger partial charge in [-0.2, -0.15) is 5.10 Å². The first kappa shape index (κ1) is 19.8. The van der Waals surface area contributed by atoms with Crippen molar-refractivity contribution in [1.82, 2.24) is 19.6 Å². The first-order valence-corrected chi connectivity index (χ1v) is 9.25. The van der Waals surface area contributed by atoms with E-state index in [1.54, 1.807) is 33.8 Å². The summed E-state index contributed by atoms with van der Waals surface area (Å²) in [6, 6.07) is 18.0. The molecule has 1 heterocycles. The lowest BCUT2D eigenvalue weighted by molar-refractivity contribution is 0.0724. The molecule has 0 bridgehead atoms. The molecule has 0 radical (unpaired) electrons. The number of likely N-dealkylation sites (N-methyl/N-ethyl adjacent to an activating group) is 1. The van der Waals surface area contributed by atoms with Crippen LogP contribution in [0.25, 0.3) is 5.69 Å². The molecular formula is C22H25FN4O. The highest BCUT2D eigenvalue weighted by molar-refractivity contribution is 5.92. The number of carbonyl (C=O) groups excluding carboxylic acids is 1. The van der Waals surface area contributed by atoms with Crippen molar-refractivity contribution in [2.75, 3.05) is 27.2 Å². The number of aromatic nitrogens is 2. The van der Waals surface area contributed by atoms with Crippen molar-refractivity contribution in [3.05, 3.63) is 83.4 Å². The fourth-order valence-corrected chi connectivity index (χ4v) is 2.98. The molecule has 0 fully saturated rings. The van der Waals surface area contributed by atoms with E-state index in [2.05, 4.69) is 5.10 Å². The fourth-order valence-electron chi connectivity index (χ4n) is 2.98. The summed E-state index contributed by atoms with van der Waals surface area (Å²) in [4.78, 5) is 16.8. The summed E-state index contributed by atoms with van der Waals surface area (Å²) in [6.07, 6.45) is 0. The molecule has 0 atom stereocenters. The molecule has 0 aliphatic heterocycles. The van der Waals surface area contributed by atoms with Gasteiger partial charge < -0.3 is 9.80 Å². The van der Waals surface area contributed by atoms with Gasteiger partial charge in [-0.25, -0.2) is 9.07 Å². The third kappa shape index (κ3) is 4.64. The number of nitrogens with zero attached hydrogens (tertiary/aromatic N) is 4. The largest absolute Gasteiger partial charge is 0.332 e. The minimum Gasteiger partial charge on any atom is -0.332 e. The van der Waals surface area contributed by atoms with Crippen LogP contribution in [0.2, 0.25) is 0 Å². The molecular weight excluding hydrogens is 355 g/mol. The first-order valence-electron chi connectivity index (χ1n) is 9.25. The topological polar surface area (TPSA) is 41.4 Å². The standard InChI is InChI=1S/C22H25FN4O/c1-17-15-21(24-27(17)19-10-5-4-6-11-19)22(28)26(14-13-25(2)3)16-18-9-7-8-12-20(18)23/h4-12,15H,13-14,16H2,1-3H3. The van der Waals surface area contributed by atoms with Crippen LogP contribution in [0.5, 0.6) is 0 Å². The number of hydrogen-bond acceptors (Lipinski definition) is 3. The van der Waals surface area contributed by atoms with Gasteiger partial charge in [0.05, 0.1) is 5.69 Å². The Bertz CT molecular complexity index is 937. The van der Waals surface area contributed by atoms with Crippen LogP contribution >= 0.6 is 0 Å². The number of rotatable bonds is 7. The van der Waals surface area contributed by atoms with E-state index in [0.717, 1.165) is 11.4 Å². The quantitative estimate of drug-likeness (QED) is 0.630. The predicted octanol–water partition coefficient (Wildman–Crippen LogP) is 3.52. The van der Waals surface area contributed by atoms with Crippen molar-refractivity contribution in [3.63, 3.8) is 0 Å². The molecule has 0 aliphatic rings. The van der Waals surface area contributed by atoms with Crippen molar-refractivity contribution >= 4 is 5.91 Å². The van der Waals surface area contributed by atoms with E-state index >= 15 is 0 Å². The van der Waals surface area contributed by atoms with Gasteiger partial charge in [0.15, 0.2) is 5.69 Å². The highest BCUT2D eigenvalue weighted by Gasteiger charge is 2.21. The molecule has 3 aromatic rings. The molecule has 1 aromatic heterocycles. The molecule has 0 unspecified atom stereocenters. The Morgan fingerprint density at radius 1 is 1.04 bits per heavy atom. The van der Waals surface area contributed by atoms with Crippen molar-refractivity contribution in [1.29, 1.82) is 0 Å². The maximum Gasteiger partial charge on any atom is 0.274 e. The zero-order chi connectivity index (χ0) is 20.1. The molecule has 2 aromatic carbocycles. The molecule has 5 nitrogen and oxygen atoms in total. The highest BCUT2D eigenvalue weighted by atomic mass is 19.1. The lowest BCUT2D eigenvalue weighted by atomic mass is 10.2. The van der Waals surface area contributed by atoms with Crippen LogP contribution in [0.15, 0.2) is 60.7 Å². The minimum absolute atomic E-state index is 0.205. The Balaban J connectivity index is 1.87. The van der Waals surface area contributed by atoms with E-state index in [0.29, 0.717) is 24.3 Å². The minimum atomic E-state index is -0.309. The van der Waals surface area contributed by atoms with E-state index in [-0.39, 0.29) is 18.3 Å². The Morgan fingerprint density at radius 2 is 1.71 bits per heavy atom. The summed E-state index contributed by atoms with van der Waals surface area (Å²) < 4.78 is 15.9. The van der Waals surface area contributed by atoms with Crippen molar-refractivity contribution in [2.24, 2.45) is 0 Å². The molecule has 28 heavy (non-hydrogen) atoms. The number of amides is 1. The zero-order valence-electron chi connectivity index (χ0n) is 16.5. The summed E-state index contributed by atoms with van der Waals surface area (Å²) in [7, 11) is 3.89. The van der Waals surface area contributed by atoms with E-state index in [1.165, 1.54) is 6.07 Å². The van der Waals surface area contributed by atoms with Crippen LogP contribution in [0, 0.1) is 12.7 Å². The van der Waals surface area contributed by atoms with Crippen molar-refractivity contribution in [3.8, 4) is 5.69 Å². The second-order valence-corrected chi connectivity index (χ2v) is 7.04. The van der Waals surface area contributed by atoms with Crippen LogP contribution in [-0.4, -0.2) is 52.7 Å². The summed E-state index contributed by atoms with van der Waals surface area (Å²) >= 11 is 0. The lowest BCUT2D eigenvalue weighted by Crippen LogP contribution is -2.36. The zero-order valence-corrected chi connectivity index (χ0v) is 16.5. The van der Waals surface area contributed by atoms with Crippen LogP contribution in [0.1, 0.15) is 21.7 Å². The van der Waals surface area contributed by atoms with Gasteiger partial charge in [0, 0.05) is 30.9 Å². The van der Waals surface area contributed by atoms with Crippen molar-refractivity contribution < 1.29 is 9.18 Å². The van der Waals surface area contributed by atoms with Crippen LogP contribution in [-0.2, 0) is 6.54 Å². The monoisotopic (exact) mass is 380 g/mol. The van der Waals surface area contributed by atoms with Gasteiger partial charge in [-0.1, -0.05) is 36.4 Å². The molecule has 3 rings (SSSR count). The fraction of sp³-hybridized carbons (Fsp3) is 0.273. The Kier molecular flexibility index (Phi) is 6.21. The Hall–Kier alpha value is -2.99. The number of benzene rings is 2. The van der Waals surface area contributed by atoms with Crippen LogP contribution < -0.4 is 0 Å². The Labute approximate surface area is 165 Å².